The Bertz CT molecular complexity index is 559. The summed E-state index contributed by atoms with van der Waals surface area (Å²) >= 11 is 13.0. The van der Waals surface area contributed by atoms with Gasteiger partial charge >= 0.3 is 5.97 Å². The molecule has 1 aromatic rings. The molecule has 2 fully saturated rings. The summed E-state index contributed by atoms with van der Waals surface area (Å²) in [6.07, 6.45) is 2.17. The minimum Gasteiger partial charge on any atom is -0.481 e. The van der Waals surface area contributed by atoms with Gasteiger partial charge in [-0.25, -0.2) is 0 Å². The predicted molar refractivity (Wildman–Crippen MR) is 73.1 cm³/mol. The maximum absolute atomic E-state index is 12.5. The minimum absolute atomic E-state index is 0.0216. The van der Waals surface area contributed by atoms with Crippen molar-refractivity contribution < 1.29 is 14.7 Å². The van der Waals surface area contributed by atoms with E-state index in [1.54, 1.807) is 11.0 Å². The van der Waals surface area contributed by atoms with E-state index in [0.717, 1.165) is 24.2 Å². The van der Waals surface area contributed by atoms with E-state index in [1.807, 2.05) is 0 Å². The second kappa shape index (κ2) is 4.65. The molecular formula is C12H11Cl2NO3S. The van der Waals surface area contributed by atoms with E-state index in [9.17, 15) is 14.7 Å². The van der Waals surface area contributed by atoms with Crippen LogP contribution in [0, 0.1) is 5.92 Å². The van der Waals surface area contributed by atoms with Crippen molar-refractivity contribution in [3.63, 3.8) is 0 Å². The average Bonchev–Trinajstić information content (AvgIpc) is 3.00. The number of aliphatic carboxylic acids is 1. The molecule has 2 bridgehead atoms. The van der Waals surface area contributed by atoms with Gasteiger partial charge < -0.3 is 10.0 Å². The SMILES string of the molecule is O=C(O)C1CC2CCC1N2C(=O)c1cc(Cl)sc1Cl. The largest absolute Gasteiger partial charge is 0.481 e. The lowest BCUT2D eigenvalue weighted by Crippen LogP contribution is -2.37. The Labute approximate surface area is 123 Å². The average molecular weight is 320 g/mol. The van der Waals surface area contributed by atoms with Gasteiger partial charge in [-0.3, -0.25) is 9.59 Å². The van der Waals surface area contributed by atoms with Crippen molar-refractivity contribution in [1.82, 2.24) is 4.90 Å². The van der Waals surface area contributed by atoms with E-state index >= 15 is 0 Å². The van der Waals surface area contributed by atoms with Crippen LogP contribution < -0.4 is 0 Å². The highest BCUT2D eigenvalue weighted by Crippen LogP contribution is 2.44. The Morgan fingerprint density at radius 1 is 1.37 bits per heavy atom. The summed E-state index contributed by atoms with van der Waals surface area (Å²) in [5.74, 6) is -1.46. The lowest BCUT2D eigenvalue weighted by atomic mass is 9.89. The van der Waals surface area contributed by atoms with Crippen LogP contribution in [0.3, 0.4) is 0 Å². The van der Waals surface area contributed by atoms with Crippen molar-refractivity contribution in [2.24, 2.45) is 5.92 Å². The minimum atomic E-state index is -0.820. The highest BCUT2D eigenvalue weighted by atomic mass is 35.5. The molecule has 102 valence electrons. The number of carboxylic acids is 1. The zero-order valence-electron chi connectivity index (χ0n) is 9.81. The second-order valence-corrected chi connectivity index (χ2v) is 7.21. The Morgan fingerprint density at radius 3 is 2.63 bits per heavy atom. The zero-order valence-corrected chi connectivity index (χ0v) is 12.1. The Balaban J connectivity index is 1.89. The first-order chi connectivity index (χ1) is 8.99. The van der Waals surface area contributed by atoms with Gasteiger partial charge in [0.1, 0.15) is 4.34 Å². The lowest BCUT2D eigenvalue weighted by molar-refractivity contribution is -0.142. The molecule has 1 aromatic heterocycles. The topological polar surface area (TPSA) is 57.6 Å². The first-order valence-electron chi connectivity index (χ1n) is 5.99. The normalized spacial score (nSPS) is 28.9. The number of hydrogen-bond acceptors (Lipinski definition) is 3. The van der Waals surface area contributed by atoms with Crippen LogP contribution in [0.2, 0.25) is 8.67 Å². The number of rotatable bonds is 2. The van der Waals surface area contributed by atoms with Crippen LogP contribution in [0.1, 0.15) is 29.6 Å². The number of amides is 1. The van der Waals surface area contributed by atoms with Crippen molar-refractivity contribution in [3.05, 3.63) is 20.3 Å². The predicted octanol–water partition coefficient (Wildman–Crippen LogP) is 3.13. The summed E-state index contributed by atoms with van der Waals surface area (Å²) in [5.41, 5.74) is 0.389. The van der Waals surface area contributed by atoms with Crippen LogP contribution in [-0.2, 0) is 4.79 Å². The molecule has 2 saturated heterocycles. The van der Waals surface area contributed by atoms with Gasteiger partial charge in [0, 0.05) is 12.1 Å². The zero-order chi connectivity index (χ0) is 13.7. The summed E-state index contributed by atoms with van der Waals surface area (Å²) in [4.78, 5) is 25.4. The maximum atomic E-state index is 12.5. The van der Waals surface area contributed by atoms with Crippen molar-refractivity contribution in [2.75, 3.05) is 0 Å². The van der Waals surface area contributed by atoms with Crippen molar-refractivity contribution in [3.8, 4) is 0 Å². The van der Waals surface area contributed by atoms with Crippen LogP contribution in [0.25, 0.3) is 0 Å². The van der Waals surface area contributed by atoms with E-state index < -0.39 is 11.9 Å². The van der Waals surface area contributed by atoms with Gasteiger partial charge in [-0.05, 0) is 25.3 Å². The number of halogens is 2. The second-order valence-electron chi connectivity index (χ2n) is 4.93. The standard InChI is InChI=1S/C12H11Cl2NO3S/c13-9-4-7(10(14)19-9)11(16)15-5-1-2-8(15)6(3-5)12(17)18/h4-6,8H,1-3H2,(H,17,18). The number of carbonyl (C=O) groups excluding carboxylic acids is 1. The Morgan fingerprint density at radius 2 is 2.11 bits per heavy atom. The fourth-order valence-corrected chi connectivity index (χ4v) is 4.64. The molecular weight excluding hydrogens is 309 g/mol. The smallest absolute Gasteiger partial charge is 0.308 e. The van der Waals surface area contributed by atoms with Gasteiger partial charge in [0.25, 0.3) is 5.91 Å². The number of nitrogens with zero attached hydrogens (tertiary/aromatic N) is 1. The van der Waals surface area contributed by atoms with Crippen LogP contribution in [0.5, 0.6) is 0 Å². The van der Waals surface area contributed by atoms with E-state index in [0.29, 0.717) is 20.7 Å². The van der Waals surface area contributed by atoms with E-state index in [2.05, 4.69) is 0 Å². The van der Waals surface area contributed by atoms with Gasteiger partial charge in [0.2, 0.25) is 0 Å². The summed E-state index contributed by atoms with van der Waals surface area (Å²) in [7, 11) is 0. The molecule has 3 unspecified atom stereocenters. The lowest BCUT2D eigenvalue weighted by Gasteiger charge is -2.22. The molecule has 0 radical (unpaired) electrons. The molecule has 1 amide bonds. The number of carbonyl (C=O) groups is 2. The molecule has 2 aliphatic rings. The first-order valence-corrected chi connectivity index (χ1v) is 7.56. The molecule has 0 saturated carbocycles. The van der Waals surface area contributed by atoms with Crippen LogP contribution in [0.4, 0.5) is 0 Å². The van der Waals surface area contributed by atoms with Crippen molar-refractivity contribution in [2.45, 2.75) is 31.3 Å². The van der Waals surface area contributed by atoms with E-state index in [4.69, 9.17) is 23.2 Å². The maximum Gasteiger partial charge on any atom is 0.308 e. The molecule has 19 heavy (non-hydrogen) atoms. The third-order valence-corrected chi connectivity index (χ3v) is 5.46. The van der Waals surface area contributed by atoms with Crippen LogP contribution in [-0.4, -0.2) is 34.0 Å². The third kappa shape index (κ3) is 2.04. The molecule has 3 rings (SSSR count). The summed E-state index contributed by atoms with van der Waals surface area (Å²) in [6.45, 7) is 0. The third-order valence-electron chi connectivity index (χ3n) is 3.98. The fraction of sp³-hybridized carbons (Fsp3) is 0.500. The van der Waals surface area contributed by atoms with E-state index in [-0.39, 0.29) is 18.0 Å². The summed E-state index contributed by atoms with van der Waals surface area (Å²) < 4.78 is 0.836. The van der Waals surface area contributed by atoms with Gasteiger partial charge in [-0.15, -0.1) is 11.3 Å². The Hall–Kier alpha value is -0.780. The molecule has 3 atom stereocenters. The molecule has 4 nitrogen and oxygen atoms in total. The highest BCUT2D eigenvalue weighted by molar-refractivity contribution is 7.20. The summed E-state index contributed by atoms with van der Waals surface area (Å²) in [5, 5.41) is 9.18. The quantitative estimate of drug-likeness (QED) is 0.911. The number of carboxylic acid groups (broad SMARTS) is 1. The van der Waals surface area contributed by atoms with Gasteiger partial charge in [0.05, 0.1) is 15.8 Å². The summed E-state index contributed by atoms with van der Waals surface area (Å²) in [6, 6.07) is 1.38. The molecule has 7 heteroatoms. The number of hydrogen-bond donors (Lipinski definition) is 1. The molecule has 0 aliphatic carbocycles. The van der Waals surface area contributed by atoms with Gasteiger partial charge in [-0.2, -0.15) is 0 Å². The molecule has 1 N–H and O–H groups in total. The first kappa shape index (κ1) is 13.2. The monoisotopic (exact) mass is 319 g/mol. The molecule has 3 heterocycles. The van der Waals surface area contributed by atoms with Crippen molar-refractivity contribution >= 4 is 46.4 Å². The van der Waals surface area contributed by atoms with Crippen LogP contribution in [0.15, 0.2) is 6.07 Å². The van der Waals surface area contributed by atoms with E-state index in [1.165, 1.54) is 0 Å². The molecule has 0 aromatic carbocycles. The molecule has 0 spiro atoms. The fourth-order valence-electron chi connectivity index (χ4n) is 3.20. The van der Waals surface area contributed by atoms with Gasteiger partial charge in [-0.1, -0.05) is 23.2 Å². The van der Waals surface area contributed by atoms with Crippen LogP contribution >= 0.6 is 34.5 Å². The number of fused-ring (bicyclic) bond motifs is 2. The molecule has 2 aliphatic heterocycles. The van der Waals surface area contributed by atoms with Gasteiger partial charge in [0.15, 0.2) is 0 Å². The van der Waals surface area contributed by atoms with Crippen molar-refractivity contribution in [1.29, 1.82) is 0 Å². The number of thiophene rings is 1. The highest BCUT2D eigenvalue weighted by Gasteiger charge is 2.51. The Kier molecular flexibility index (Phi) is 3.23.